The Kier molecular flexibility index (Phi) is 3.75. The lowest BCUT2D eigenvalue weighted by Crippen LogP contribution is -2.02. The monoisotopic (exact) mass is 268 g/mol. The van der Waals surface area contributed by atoms with Crippen molar-refractivity contribution < 1.29 is 0 Å². The molecule has 1 heterocycles. The van der Waals surface area contributed by atoms with E-state index in [1.807, 2.05) is 13.0 Å². The molecule has 0 radical (unpaired) electrons. The zero-order chi connectivity index (χ0) is 12.4. The van der Waals surface area contributed by atoms with Gasteiger partial charge in [0.2, 0.25) is 0 Å². The van der Waals surface area contributed by atoms with Crippen LogP contribution >= 0.6 is 23.2 Å². The number of hydrogen-bond acceptors (Lipinski definition) is 1. The molecule has 1 aromatic carbocycles. The van der Waals surface area contributed by atoms with Crippen LogP contribution in [0, 0.1) is 13.8 Å². The second-order valence-corrected chi connectivity index (χ2v) is 4.76. The molecule has 2 rings (SSSR count). The first-order chi connectivity index (χ1) is 8.11. The van der Waals surface area contributed by atoms with Crippen LogP contribution in [0.25, 0.3) is 0 Å². The van der Waals surface area contributed by atoms with Crippen molar-refractivity contribution in [2.45, 2.75) is 26.3 Å². The van der Waals surface area contributed by atoms with Gasteiger partial charge in [-0.1, -0.05) is 41.4 Å². The Bertz CT molecular complexity index is 532. The van der Waals surface area contributed by atoms with Crippen molar-refractivity contribution >= 4 is 23.2 Å². The SMILES string of the molecule is Cc1cccc(Cn2nc(C)c(CCl)c2Cl)c1. The highest BCUT2D eigenvalue weighted by Crippen LogP contribution is 2.22. The van der Waals surface area contributed by atoms with E-state index in [-0.39, 0.29) is 0 Å². The van der Waals surface area contributed by atoms with Gasteiger partial charge < -0.3 is 0 Å². The van der Waals surface area contributed by atoms with Gasteiger partial charge >= 0.3 is 0 Å². The fraction of sp³-hybridized carbons (Fsp3) is 0.308. The van der Waals surface area contributed by atoms with E-state index in [2.05, 4.69) is 30.2 Å². The molecule has 0 aliphatic carbocycles. The first kappa shape index (κ1) is 12.5. The minimum atomic E-state index is 0.401. The summed E-state index contributed by atoms with van der Waals surface area (Å²) in [6.07, 6.45) is 0. The van der Waals surface area contributed by atoms with Crippen LogP contribution in [0.2, 0.25) is 5.15 Å². The molecule has 0 unspecified atom stereocenters. The number of rotatable bonds is 3. The van der Waals surface area contributed by atoms with Crippen molar-refractivity contribution in [1.29, 1.82) is 0 Å². The fourth-order valence-electron chi connectivity index (χ4n) is 1.83. The lowest BCUT2D eigenvalue weighted by molar-refractivity contribution is 0.680. The summed E-state index contributed by atoms with van der Waals surface area (Å²) in [5, 5.41) is 5.04. The first-order valence-electron chi connectivity index (χ1n) is 5.45. The third-order valence-electron chi connectivity index (χ3n) is 2.73. The van der Waals surface area contributed by atoms with Gasteiger partial charge in [0.05, 0.1) is 18.1 Å². The largest absolute Gasteiger partial charge is 0.249 e. The number of nitrogens with zero attached hydrogens (tertiary/aromatic N) is 2. The second-order valence-electron chi connectivity index (χ2n) is 4.14. The molecule has 0 saturated carbocycles. The highest BCUT2D eigenvalue weighted by molar-refractivity contribution is 6.31. The molecule has 0 amide bonds. The summed E-state index contributed by atoms with van der Waals surface area (Å²) in [7, 11) is 0. The van der Waals surface area contributed by atoms with Crippen molar-refractivity contribution in [3.63, 3.8) is 0 Å². The van der Waals surface area contributed by atoms with E-state index in [4.69, 9.17) is 23.2 Å². The highest BCUT2D eigenvalue weighted by atomic mass is 35.5. The van der Waals surface area contributed by atoms with Crippen molar-refractivity contribution in [2.24, 2.45) is 0 Å². The third-order valence-corrected chi connectivity index (χ3v) is 3.42. The quantitative estimate of drug-likeness (QED) is 0.772. The Labute approximate surface area is 111 Å². The van der Waals surface area contributed by atoms with Crippen molar-refractivity contribution in [2.75, 3.05) is 0 Å². The molecule has 17 heavy (non-hydrogen) atoms. The number of aryl methyl sites for hydroxylation is 2. The van der Waals surface area contributed by atoms with Crippen LogP contribution in [-0.4, -0.2) is 9.78 Å². The summed E-state index contributed by atoms with van der Waals surface area (Å²) in [5.74, 6) is 0.401. The molecule has 0 spiro atoms. The van der Waals surface area contributed by atoms with Crippen molar-refractivity contribution in [3.8, 4) is 0 Å². The van der Waals surface area contributed by atoms with Crippen LogP contribution in [-0.2, 0) is 12.4 Å². The highest BCUT2D eigenvalue weighted by Gasteiger charge is 2.12. The van der Waals surface area contributed by atoms with Crippen LogP contribution in [0.1, 0.15) is 22.4 Å². The zero-order valence-electron chi connectivity index (χ0n) is 9.87. The van der Waals surface area contributed by atoms with Gasteiger partial charge in [-0.2, -0.15) is 5.10 Å². The molecule has 0 saturated heterocycles. The third kappa shape index (κ3) is 2.64. The van der Waals surface area contributed by atoms with Crippen LogP contribution in [0.15, 0.2) is 24.3 Å². The Hall–Kier alpha value is -0.990. The van der Waals surface area contributed by atoms with E-state index in [1.165, 1.54) is 11.1 Å². The maximum absolute atomic E-state index is 6.24. The summed E-state index contributed by atoms with van der Waals surface area (Å²) in [5.41, 5.74) is 4.24. The van der Waals surface area contributed by atoms with Gasteiger partial charge in [-0.25, -0.2) is 4.68 Å². The minimum absolute atomic E-state index is 0.401. The van der Waals surface area contributed by atoms with E-state index in [0.29, 0.717) is 17.6 Å². The summed E-state index contributed by atoms with van der Waals surface area (Å²) >= 11 is 12.1. The van der Waals surface area contributed by atoms with Crippen LogP contribution in [0.3, 0.4) is 0 Å². The predicted octanol–water partition coefficient (Wildman–Crippen LogP) is 3.94. The molecule has 4 heteroatoms. The van der Waals surface area contributed by atoms with Gasteiger partial charge in [0.1, 0.15) is 5.15 Å². The van der Waals surface area contributed by atoms with Crippen molar-refractivity contribution in [1.82, 2.24) is 9.78 Å². The zero-order valence-corrected chi connectivity index (χ0v) is 11.4. The molecule has 0 aliphatic rings. The number of aromatic nitrogens is 2. The van der Waals surface area contributed by atoms with E-state index in [1.54, 1.807) is 4.68 Å². The average molecular weight is 269 g/mol. The van der Waals surface area contributed by atoms with Crippen LogP contribution in [0.4, 0.5) is 0 Å². The average Bonchev–Trinajstić information content (AvgIpc) is 2.54. The number of benzene rings is 1. The standard InChI is InChI=1S/C13H14Cl2N2/c1-9-4-3-5-11(6-9)8-17-13(15)12(7-14)10(2)16-17/h3-6H,7-8H2,1-2H3. The maximum atomic E-state index is 6.24. The number of alkyl halides is 1. The normalized spacial score (nSPS) is 10.8. The summed E-state index contributed by atoms with van der Waals surface area (Å²) in [6, 6.07) is 8.31. The number of hydrogen-bond donors (Lipinski definition) is 0. The van der Waals surface area contributed by atoms with E-state index in [9.17, 15) is 0 Å². The maximum Gasteiger partial charge on any atom is 0.132 e. The molecule has 0 atom stereocenters. The Morgan fingerprint density at radius 1 is 1.29 bits per heavy atom. The summed E-state index contributed by atoms with van der Waals surface area (Å²) < 4.78 is 1.80. The first-order valence-corrected chi connectivity index (χ1v) is 6.36. The van der Waals surface area contributed by atoms with Crippen LogP contribution < -0.4 is 0 Å². The Balaban J connectivity index is 2.30. The van der Waals surface area contributed by atoms with E-state index >= 15 is 0 Å². The molecule has 0 N–H and O–H groups in total. The Morgan fingerprint density at radius 3 is 2.65 bits per heavy atom. The van der Waals surface area contributed by atoms with Crippen LogP contribution in [0.5, 0.6) is 0 Å². The summed E-state index contributed by atoms with van der Waals surface area (Å²) in [6.45, 7) is 4.68. The minimum Gasteiger partial charge on any atom is -0.249 e. The van der Waals surface area contributed by atoms with Gasteiger partial charge in [0.15, 0.2) is 0 Å². The molecule has 90 valence electrons. The predicted molar refractivity (Wildman–Crippen MR) is 71.8 cm³/mol. The molecule has 0 bridgehead atoms. The van der Waals surface area contributed by atoms with Gasteiger partial charge in [-0.15, -0.1) is 11.6 Å². The van der Waals surface area contributed by atoms with Gasteiger partial charge in [-0.05, 0) is 19.4 Å². The van der Waals surface area contributed by atoms with Gasteiger partial charge in [0, 0.05) is 5.56 Å². The van der Waals surface area contributed by atoms with E-state index < -0.39 is 0 Å². The van der Waals surface area contributed by atoms with E-state index in [0.717, 1.165) is 11.3 Å². The van der Waals surface area contributed by atoms with Gasteiger partial charge in [0.25, 0.3) is 0 Å². The second kappa shape index (κ2) is 5.11. The smallest absolute Gasteiger partial charge is 0.132 e. The molecular weight excluding hydrogens is 255 g/mol. The topological polar surface area (TPSA) is 17.8 Å². The molecule has 2 nitrogen and oxygen atoms in total. The molecular formula is C13H14Cl2N2. The fourth-order valence-corrected chi connectivity index (χ4v) is 2.52. The molecule has 1 aromatic heterocycles. The molecule has 2 aromatic rings. The Morgan fingerprint density at radius 2 is 2.06 bits per heavy atom. The molecule has 0 aliphatic heterocycles. The lowest BCUT2D eigenvalue weighted by Gasteiger charge is -2.04. The van der Waals surface area contributed by atoms with Gasteiger partial charge in [-0.3, -0.25) is 0 Å². The van der Waals surface area contributed by atoms with Crippen molar-refractivity contribution in [3.05, 3.63) is 51.8 Å². The molecule has 0 fully saturated rings. The number of halogens is 2. The lowest BCUT2D eigenvalue weighted by atomic mass is 10.1. The summed E-state index contributed by atoms with van der Waals surface area (Å²) in [4.78, 5) is 0.